The van der Waals surface area contributed by atoms with Gasteiger partial charge in [0.1, 0.15) is 0 Å². The molecule has 0 unspecified atom stereocenters. The minimum absolute atomic E-state index is 0.486. The van der Waals surface area contributed by atoms with Crippen molar-refractivity contribution in [3.8, 4) is 0 Å². The second-order valence-electron chi connectivity index (χ2n) is 2.28. The molecule has 12 heavy (non-hydrogen) atoms. The van der Waals surface area contributed by atoms with Crippen molar-refractivity contribution in [3.05, 3.63) is 34.3 Å². The van der Waals surface area contributed by atoms with Crippen LogP contribution in [0.15, 0.2) is 28.7 Å². The van der Waals surface area contributed by atoms with Crippen molar-refractivity contribution in [1.29, 1.82) is 0 Å². The van der Waals surface area contributed by atoms with Crippen LogP contribution >= 0.6 is 15.9 Å². The van der Waals surface area contributed by atoms with Crippen LogP contribution in [-0.2, 0) is 4.79 Å². The number of benzene rings is 1. The third kappa shape index (κ3) is 2.20. The molecular weight excluding hydrogens is 218 g/mol. The number of hydrogen-bond donors (Lipinski definition) is 1. The summed E-state index contributed by atoms with van der Waals surface area (Å²) in [4.78, 5) is 10.3. The minimum Gasteiger partial charge on any atom is -0.398 e. The van der Waals surface area contributed by atoms with E-state index >= 15 is 0 Å². The van der Waals surface area contributed by atoms with Gasteiger partial charge in [0.05, 0.1) is 4.48 Å². The summed E-state index contributed by atoms with van der Waals surface area (Å²) in [7, 11) is 0. The van der Waals surface area contributed by atoms with Crippen molar-refractivity contribution in [3.63, 3.8) is 0 Å². The third-order valence-electron chi connectivity index (χ3n) is 1.40. The quantitative estimate of drug-likeness (QED) is 0.477. The lowest BCUT2D eigenvalue weighted by molar-refractivity contribution is -0.104. The fourth-order valence-corrected chi connectivity index (χ4v) is 1.07. The Bertz CT molecular complexity index is 320. The van der Waals surface area contributed by atoms with Gasteiger partial charge in [0.15, 0.2) is 6.29 Å². The van der Waals surface area contributed by atoms with E-state index in [9.17, 15) is 4.79 Å². The lowest BCUT2D eigenvalue weighted by Gasteiger charge is -1.97. The molecule has 0 aromatic heterocycles. The Balaban J connectivity index is 3.04. The first-order chi connectivity index (χ1) is 5.74. The summed E-state index contributed by atoms with van der Waals surface area (Å²) in [5.74, 6) is 0. The Labute approximate surface area is 79.2 Å². The summed E-state index contributed by atoms with van der Waals surface area (Å²) in [6.07, 6.45) is 2.41. The molecule has 1 aromatic carbocycles. The smallest absolute Gasteiger partial charge is 0.157 e. The van der Waals surface area contributed by atoms with Crippen LogP contribution in [0.1, 0.15) is 5.56 Å². The van der Waals surface area contributed by atoms with Gasteiger partial charge >= 0.3 is 0 Å². The Kier molecular flexibility index (Phi) is 3.05. The number of aldehydes is 1. The molecule has 2 nitrogen and oxygen atoms in total. The molecule has 0 bridgehead atoms. The molecule has 62 valence electrons. The number of nitrogen functional groups attached to an aromatic ring is 1. The van der Waals surface area contributed by atoms with Crippen molar-refractivity contribution in [2.45, 2.75) is 0 Å². The molecular formula is C9H8BrNO. The van der Waals surface area contributed by atoms with Crippen molar-refractivity contribution >= 4 is 34.0 Å². The molecule has 1 aromatic rings. The SMILES string of the molecule is Nc1ccccc1/C=C(/Br)C=O. The predicted octanol–water partition coefficient (Wildman–Crippen LogP) is 2.20. The number of anilines is 1. The Morgan fingerprint density at radius 3 is 2.67 bits per heavy atom. The maximum absolute atomic E-state index is 10.3. The molecule has 2 N–H and O–H groups in total. The van der Waals surface area contributed by atoms with Crippen molar-refractivity contribution < 1.29 is 4.79 Å². The van der Waals surface area contributed by atoms with Gasteiger partial charge in [0, 0.05) is 5.69 Å². The van der Waals surface area contributed by atoms with Gasteiger partial charge in [0.25, 0.3) is 0 Å². The van der Waals surface area contributed by atoms with Crippen LogP contribution in [0.3, 0.4) is 0 Å². The van der Waals surface area contributed by atoms with Crippen LogP contribution in [0, 0.1) is 0 Å². The van der Waals surface area contributed by atoms with Crippen LogP contribution in [0.25, 0.3) is 6.08 Å². The fraction of sp³-hybridized carbons (Fsp3) is 0. The van der Waals surface area contributed by atoms with E-state index in [0.29, 0.717) is 10.2 Å². The van der Waals surface area contributed by atoms with E-state index < -0.39 is 0 Å². The molecule has 0 atom stereocenters. The summed E-state index contributed by atoms with van der Waals surface area (Å²) in [6, 6.07) is 7.35. The molecule has 0 radical (unpaired) electrons. The van der Waals surface area contributed by atoms with Gasteiger partial charge in [-0.3, -0.25) is 4.79 Å². The number of nitrogens with two attached hydrogens (primary N) is 1. The van der Waals surface area contributed by atoms with E-state index in [4.69, 9.17) is 5.73 Å². The maximum atomic E-state index is 10.3. The highest BCUT2D eigenvalue weighted by Gasteiger charge is 1.94. The van der Waals surface area contributed by atoms with Gasteiger partial charge in [-0.2, -0.15) is 0 Å². The monoisotopic (exact) mass is 225 g/mol. The van der Waals surface area contributed by atoms with Crippen LogP contribution in [0.4, 0.5) is 5.69 Å². The zero-order chi connectivity index (χ0) is 8.97. The average molecular weight is 226 g/mol. The molecule has 0 fully saturated rings. The van der Waals surface area contributed by atoms with Gasteiger partial charge in [-0.1, -0.05) is 18.2 Å². The summed E-state index contributed by atoms with van der Waals surface area (Å²) in [5.41, 5.74) is 7.15. The standard InChI is InChI=1S/C9H8BrNO/c10-8(6-12)5-7-3-1-2-4-9(7)11/h1-6H,11H2/b8-5+. The normalized spacial score (nSPS) is 11.2. The first-order valence-electron chi connectivity index (χ1n) is 3.41. The van der Waals surface area contributed by atoms with Gasteiger partial charge in [-0.25, -0.2) is 0 Å². The fourth-order valence-electron chi connectivity index (χ4n) is 0.825. The lowest BCUT2D eigenvalue weighted by atomic mass is 10.2. The third-order valence-corrected chi connectivity index (χ3v) is 1.82. The lowest BCUT2D eigenvalue weighted by Crippen LogP contribution is -1.88. The highest BCUT2D eigenvalue weighted by Crippen LogP contribution is 2.16. The first-order valence-corrected chi connectivity index (χ1v) is 4.20. The first kappa shape index (κ1) is 9.00. The average Bonchev–Trinajstić information content (AvgIpc) is 2.09. The van der Waals surface area contributed by atoms with E-state index in [-0.39, 0.29) is 0 Å². The van der Waals surface area contributed by atoms with E-state index in [2.05, 4.69) is 15.9 Å². The number of halogens is 1. The van der Waals surface area contributed by atoms with Crippen LogP contribution in [0.5, 0.6) is 0 Å². The Hall–Kier alpha value is -1.09. The molecule has 3 heteroatoms. The minimum atomic E-state index is 0.486. The number of hydrogen-bond acceptors (Lipinski definition) is 2. The summed E-state index contributed by atoms with van der Waals surface area (Å²) in [6.45, 7) is 0. The van der Waals surface area contributed by atoms with Crippen LogP contribution in [-0.4, -0.2) is 6.29 Å². The molecule has 0 saturated heterocycles. The number of allylic oxidation sites excluding steroid dienone is 1. The zero-order valence-corrected chi connectivity index (χ0v) is 7.91. The van der Waals surface area contributed by atoms with Gasteiger partial charge < -0.3 is 5.73 Å². The largest absolute Gasteiger partial charge is 0.398 e. The Morgan fingerprint density at radius 1 is 1.42 bits per heavy atom. The zero-order valence-electron chi connectivity index (χ0n) is 6.33. The molecule has 0 aliphatic rings. The van der Waals surface area contributed by atoms with E-state index in [1.54, 1.807) is 12.1 Å². The highest BCUT2D eigenvalue weighted by atomic mass is 79.9. The summed E-state index contributed by atoms with van der Waals surface area (Å²) < 4.78 is 0.486. The predicted molar refractivity (Wildman–Crippen MR) is 53.8 cm³/mol. The molecule has 0 aliphatic heterocycles. The van der Waals surface area contributed by atoms with Crippen LogP contribution < -0.4 is 5.73 Å². The van der Waals surface area contributed by atoms with Crippen LogP contribution in [0.2, 0.25) is 0 Å². The van der Waals surface area contributed by atoms with Gasteiger partial charge in [0.2, 0.25) is 0 Å². The van der Waals surface area contributed by atoms with Crippen molar-refractivity contribution in [2.75, 3.05) is 5.73 Å². The summed E-state index contributed by atoms with van der Waals surface area (Å²) in [5, 5.41) is 0. The maximum Gasteiger partial charge on any atom is 0.157 e. The number of rotatable bonds is 2. The van der Waals surface area contributed by atoms with E-state index in [0.717, 1.165) is 11.8 Å². The second-order valence-corrected chi connectivity index (χ2v) is 3.19. The van der Waals surface area contributed by atoms with Crippen molar-refractivity contribution in [2.24, 2.45) is 0 Å². The highest BCUT2D eigenvalue weighted by molar-refractivity contribution is 9.12. The van der Waals surface area contributed by atoms with Gasteiger partial charge in [-0.05, 0) is 33.6 Å². The topological polar surface area (TPSA) is 43.1 Å². The number of carbonyl (C=O) groups is 1. The van der Waals surface area contributed by atoms with E-state index in [1.807, 2.05) is 18.2 Å². The molecule has 0 heterocycles. The van der Waals surface area contributed by atoms with E-state index in [1.165, 1.54) is 0 Å². The van der Waals surface area contributed by atoms with Gasteiger partial charge in [-0.15, -0.1) is 0 Å². The number of carbonyl (C=O) groups excluding carboxylic acids is 1. The Morgan fingerprint density at radius 2 is 2.08 bits per heavy atom. The molecule has 0 saturated carbocycles. The molecule has 0 aliphatic carbocycles. The molecule has 0 spiro atoms. The molecule has 1 rings (SSSR count). The number of para-hydroxylation sites is 1. The summed E-state index contributed by atoms with van der Waals surface area (Å²) >= 11 is 3.09. The van der Waals surface area contributed by atoms with Crippen molar-refractivity contribution in [1.82, 2.24) is 0 Å². The second kappa shape index (κ2) is 4.07. The molecule has 0 amide bonds.